The lowest BCUT2D eigenvalue weighted by atomic mass is 10.4. The van der Waals surface area contributed by atoms with Gasteiger partial charge >= 0.3 is 5.97 Å². The summed E-state index contributed by atoms with van der Waals surface area (Å²) in [5.74, 6) is -0.425. The Morgan fingerprint density at radius 2 is 1.92 bits per heavy atom. The maximum Gasteiger partial charge on any atom is 0.307 e. The summed E-state index contributed by atoms with van der Waals surface area (Å²) in [6, 6.07) is 0. The summed E-state index contributed by atoms with van der Waals surface area (Å²) < 4.78 is 14.3. The second kappa shape index (κ2) is 6.59. The van der Waals surface area contributed by atoms with Gasteiger partial charge in [-0.1, -0.05) is 0 Å². The van der Waals surface area contributed by atoms with Gasteiger partial charge in [0.05, 0.1) is 0 Å². The van der Waals surface area contributed by atoms with Gasteiger partial charge in [0, 0.05) is 21.1 Å². The highest BCUT2D eigenvalue weighted by molar-refractivity contribution is 5.67. The minimum absolute atomic E-state index is 0.0903. The smallest absolute Gasteiger partial charge is 0.307 e. The van der Waals surface area contributed by atoms with Crippen LogP contribution in [0.25, 0.3) is 0 Å². The summed E-state index contributed by atoms with van der Waals surface area (Å²) in [5.41, 5.74) is 0. The summed E-state index contributed by atoms with van der Waals surface area (Å²) in [7, 11) is 2.77. The van der Waals surface area contributed by atoms with E-state index in [1.54, 1.807) is 0 Å². The zero-order valence-corrected chi connectivity index (χ0v) is 7.90. The SMILES string of the molecule is COC(OC)C(=CC[O])OC(C)=O. The number of hydrogen-bond acceptors (Lipinski definition) is 4. The maximum absolute atomic E-state index is 10.6. The van der Waals surface area contributed by atoms with E-state index in [1.165, 1.54) is 27.2 Å². The molecule has 0 heterocycles. The van der Waals surface area contributed by atoms with Gasteiger partial charge in [0.1, 0.15) is 6.61 Å². The van der Waals surface area contributed by atoms with E-state index in [2.05, 4.69) is 0 Å². The molecule has 0 amide bonds. The topological polar surface area (TPSA) is 64.7 Å². The van der Waals surface area contributed by atoms with Gasteiger partial charge in [0.15, 0.2) is 5.76 Å². The van der Waals surface area contributed by atoms with Gasteiger partial charge in [0.2, 0.25) is 6.29 Å². The second-order valence-corrected chi connectivity index (χ2v) is 2.17. The molecule has 13 heavy (non-hydrogen) atoms. The van der Waals surface area contributed by atoms with Crippen molar-refractivity contribution in [3.63, 3.8) is 0 Å². The molecule has 5 heteroatoms. The summed E-state index contributed by atoms with van der Waals surface area (Å²) in [6.07, 6.45) is 0.386. The average molecular weight is 189 g/mol. The van der Waals surface area contributed by atoms with Gasteiger partial charge in [-0.15, -0.1) is 0 Å². The minimum Gasteiger partial charge on any atom is -0.426 e. The number of hydrogen-bond donors (Lipinski definition) is 0. The lowest BCUT2D eigenvalue weighted by Crippen LogP contribution is -2.20. The molecule has 0 aliphatic heterocycles. The van der Waals surface area contributed by atoms with Gasteiger partial charge in [-0.25, -0.2) is 5.11 Å². The fourth-order valence-corrected chi connectivity index (χ4v) is 0.763. The lowest BCUT2D eigenvalue weighted by Gasteiger charge is -2.15. The molecule has 0 rings (SSSR count). The highest BCUT2D eigenvalue weighted by Crippen LogP contribution is 2.08. The number of rotatable bonds is 5. The molecule has 0 saturated carbocycles. The van der Waals surface area contributed by atoms with Crippen LogP contribution in [-0.2, 0) is 24.1 Å². The normalized spacial score (nSPS) is 11.9. The third-order valence-corrected chi connectivity index (χ3v) is 1.21. The Bertz CT molecular complexity index is 183. The van der Waals surface area contributed by atoms with Crippen LogP contribution < -0.4 is 0 Å². The van der Waals surface area contributed by atoms with Crippen LogP contribution in [0.3, 0.4) is 0 Å². The fourth-order valence-electron chi connectivity index (χ4n) is 0.763. The lowest BCUT2D eigenvalue weighted by molar-refractivity contribution is -0.148. The summed E-state index contributed by atoms with van der Waals surface area (Å²) in [5, 5.41) is 10.3. The van der Waals surface area contributed by atoms with E-state index in [1.807, 2.05) is 0 Å². The zero-order chi connectivity index (χ0) is 10.3. The molecule has 0 aliphatic carbocycles. The van der Waals surface area contributed by atoms with Crippen LogP contribution in [0.15, 0.2) is 11.8 Å². The minimum atomic E-state index is -0.808. The van der Waals surface area contributed by atoms with E-state index in [0.29, 0.717) is 0 Å². The van der Waals surface area contributed by atoms with Crippen molar-refractivity contribution in [1.82, 2.24) is 0 Å². The molecule has 0 fully saturated rings. The third-order valence-electron chi connectivity index (χ3n) is 1.21. The molecule has 75 valence electrons. The van der Waals surface area contributed by atoms with E-state index in [9.17, 15) is 9.90 Å². The summed E-state index contributed by atoms with van der Waals surface area (Å²) >= 11 is 0. The number of ether oxygens (including phenoxy) is 3. The Morgan fingerprint density at radius 1 is 1.38 bits per heavy atom. The molecule has 0 atom stereocenters. The predicted octanol–water partition coefficient (Wildman–Crippen LogP) is 0.483. The highest BCUT2D eigenvalue weighted by Gasteiger charge is 2.15. The standard InChI is InChI=1S/C8H13O5/c1-6(10)13-7(4-5-9)8(11-2)12-3/h4,8H,5H2,1-3H3. The first-order valence-electron chi connectivity index (χ1n) is 3.67. The molecular weight excluding hydrogens is 176 g/mol. The van der Waals surface area contributed by atoms with Crippen LogP contribution in [0.2, 0.25) is 0 Å². The van der Waals surface area contributed by atoms with Crippen LogP contribution in [0.1, 0.15) is 6.92 Å². The molecule has 0 aromatic heterocycles. The molecule has 0 bridgehead atoms. The zero-order valence-electron chi connectivity index (χ0n) is 7.90. The van der Waals surface area contributed by atoms with Gasteiger partial charge < -0.3 is 14.2 Å². The van der Waals surface area contributed by atoms with Crippen LogP contribution in [0, 0.1) is 0 Å². The molecule has 0 unspecified atom stereocenters. The number of esters is 1. The molecule has 0 N–H and O–H groups in total. The molecule has 0 aliphatic rings. The molecule has 0 spiro atoms. The molecule has 0 saturated heterocycles. The number of carbonyl (C=O) groups is 1. The largest absolute Gasteiger partial charge is 0.426 e. The monoisotopic (exact) mass is 189 g/mol. The Hall–Kier alpha value is -0.910. The van der Waals surface area contributed by atoms with Crippen molar-refractivity contribution in [2.75, 3.05) is 20.8 Å². The van der Waals surface area contributed by atoms with Crippen molar-refractivity contribution in [3.05, 3.63) is 11.8 Å². The first-order valence-corrected chi connectivity index (χ1v) is 3.67. The fraction of sp³-hybridized carbons (Fsp3) is 0.625. The molecule has 0 aromatic carbocycles. The first-order chi connectivity index (χ1) is 6.15. The van der Waals surface area contributed by atoms with Crippen LogP contribution in [0.4, 0.5) is 0 Å². The van der Waals surface area contributed by atoms with Crippen molar-refractivity contribution < 1.29 is 24.1 Å². The van der Waals surface area contributed by atoms with E-state index in [0.717, 1.165) is 0 Å². The highest BCUT2D eigenvalue weighted by atomic mass is 16.7. The van der Waals surface area contributed by atoms with Crippen LogP contribution >= 0.6 is 0 Å². The van der Waals surface area contributed by atoms with E-state index >= 15 is 0 Å². The number of carbonyl (C=O) groups excluding carboxylic acids is 1. The molecule has 1 radical (unpaired) electrons. The Balaban J connectivity index is 4.39. The second-order valence-electron chi connectivity index (χ2n) is 2.17. The summed E-state index contributed by atoms with van der Waals surface area (Å²) in [4.78, 5) is 10.6. The summed E-state index contributed by atoms with van der Waals surface area (Å²) in [6.45, 7) is 0.743. The predicted molar refractivity (Wildman–Crippen MR) is 43.2 cm³/mol. The molecule has 0 aromatic rings. The van der Waals surface area contributed by atoms with Gasteiger partial charge in [0.25, 0.3) is 0 Å². The quantitative estimate of drug-likeness (QED) is 0.358. The van der Waals surface area contributed by atoms with Crippen molar-refractivity contribution in [1.29, 1.82) is 0 Å². The molecular formula is C8H13O5. The van der Waals surface area contributed by atoms with E-state index < -0.39 is 18.9 Å². The van der Waals surface area contributed by atoms with Crippen molar-refractivity contribution in [2.45, 2.75) is 13.2 Å². The first kappa shape index (κ1) is 12.1. The Kier molecular flexibility index (Phi) is 6.13. The van der Waals surface area contributed by atoms with Gasteiger partial charge in [-0.3, -0.25) is 4.79 Å². The van der Waals surface area contributed by atoms with Crippen molar-refractivity contribution in [3.8, 4) is 0 Å². The van der Waals surface area contributed by atoms with Crippen LogP contribution in [-0.4, -0.2) is 33.1 Å². The van der Waals surface area contributed by atoms with E-state index in [-0.39, 0.29) is 5.76 Å². The Labute approximate surface area is 76.9 Å². The Morgan fingerprint density at radius 3 is 2.23 bits per heavy atom. The third kappa shape index (κ3) is 4.62. The van der Waals surface area contributed by atoms with E-state index in [4.69, 9.17) is 14.2 Å². The van der Waals surface area contributed by atoms with Crippen LogP contribution in [0.5, 0.6) is 0 Å². The van der Waals surface area contributed by atoms with Gasteiger partial charge in [-0.05, 0) is 6.08 Å². The number of methoxy groups -OCH3 is 2. The maximum atomic E-state index is 10.6. The van der Waals surface area contributed by atoms with Crippen molar-refractivity contribution in [2.24, 2.45) is 0 Å². The molecule has 5 nitrogen and oxygen atoms in total. The van der Waals surface area contributed by atoms with Gasteiger partial charge in [-0.2, -0.15) is 0 Å². The van der Waals surface area contributed by atoms with Crippen molar-refractivity contribution >= 4 is 5.97 Å². The average Bonchev–Trinajstić information content (AvgIpc) is 2.05.